The smallest absolute Gasteiger partial charge is 0.310 e. The molecule has 0 fully saturated rings. The molecular weight excluding hydrogens is 166 g/mol. The van der Waals surface area contributed by atoms with Gasteiger partial charge in [-0.3, -0.25) is 4.79 Å². The SMILES string of the molecule is CC(C)(NCl)C(C)(C)C(=O)O. The number of rotatable bonds is 3. The average molecular weight is 180 g/mol. The van der Waals surface area contributed by atoms with Crippen molar-refractivity contribution in [3.8, 4) is 0 Å². The van der Waals surface area contributed by atoms with E-state index < -0.39 is 16.9 Å². The Morgan fingerprint density at radius 1 is 1.36 bits per heavy atom. The van der Waals surface area contributed by atoms with Gasteiger partial charge >= 0.3 is 5.97 Å². The molecule has 0 atom stereocenters. The first-order valence-corrected chi connectivity index (χ1v) is 3.74. The highest BCUT2D eigenvalue weighted by atomic mass is 35.5. The fourth-order valence-electron chi connectivity index (χ4n) is 0.385. The fraction of sp³-hybridized carbons (Fsp3) is 0.857. The Labute approximate surface area is 71.8 Å². The van der Waals surface area contributed by atoms with E-state index in [1.54, 1.807) is 27.7 Å². The molecule has 11 heavy (non-hydrogen) atoms. The van der Waals surface area contributed by atoms with Crippen LogP contribution in [0.3, 0.4) is 0 Å². The molecular formula is C7H14ClNO2. The van der Waals surface area contributed by atoms with E-state index in [1.165, 1.54) is 0 Å². The zero-order valence-corrected chi connectivity index (χ0v) is 7.99. The molecule has 0 bridgehead atoms. The van der Waals surface area contributed by atoms with Crippen molar-refractivity contribution in [1.29, 1.82) is 0 Å². The Morgan fingerprint density at radius 2 is 1.73 bits per heavy atom. The normalized spacial score (nSPS) is 13.2. The Bertz CT molecular complexity index is 166. The molecule has 0 aromatic heterocycles. The average Bonchev–Trinajstić information content (AvgIpc) is 1.87. The van der Waals surface area contributed by atoms with E-state index in [0.29, 0.717) is 0 Å². The third kappa shape index (κ3) is 1.84. The Hall–Kier alpha value is -0.280. The van der Waals surface area contributed by atoms with Crippen molar-refractivity contribution in [1.82, 2.24) is 4.84 Å². The summed E-state index contributed by atoms with van der Waals surface area (Å²) in [7, 11) is 0. The summed E-state index contributed by atoms with van der Waals surface area (Å²) in [5.41, 5.74) is -1.50. The number of halogens is 1. The standard InChI is InChI=1S/C7H14ClNO2/c1-6(2,5(10)11)7(3,4)9-8/h9H,1-4H3,(H,10,11). The van der Waals surface area contributed by atoms with Crippen molar-refractivity contribution in [2.45, 2.75) is 33.2 Å². The molecule has 0 spiro atoms. The molecule has 0 aromatic carbocycles. The van der Waals surface area contributed by atoms with Gasteiger partial charge in [-0.1, -0.05) is 0 Å². The van der Waals surface area contributed by atoms with E-state index in [0.717, 1.165) is 0 Å². The quantitative estimate of drug-likeness (QED) is 0.648. The summed E-state index contributed by atoms with van der Waals surface area (Å²) in [5, 5.41) is 8.81. The van der Waals surface area contributed by atoms with Crippen LogP contribution in [-0.2, 0) is 4.79 Å². The first-order valence-electron chi connectivity index (χ1n) is 3.37. The van der Waals surface area contributed by atoms with Gasteiger partial charge in [-0.15, -0.1) is 0 Å². The summed E-state index contributed by atoms with van der Waals surface area (Å²) in [4.78, 5) is 13.2. The third-order valence-electron chi connectivity index (χ3n) is 2.33. The molecule has 0 aliphatic rings. The molecule has 0 saturated carbocycles. The predicted molar refractivity (Wildman–Crippen MR) is 44.5 cm³/mol. The molecule has 0 aliphatic heterocycles. The topological polar surface area (TPSA) is 49.3 Å². The van der Waals surface area contributed by atoms with Crippen LogP contribution in [-0.4, -0.2) is 16.6 Å². The lowest BCUT2D eigenvalue weighted by Crippen LogP contribution is -2.51. The lowest BCUT2D eigenvalue weighted by molar-refractivity contribution is -0.150. The van der Waals surface area contributed by atoms with Gasteiger partial charge in [-0.05, 0) is 39.5 Å². The second-order valence-electron chi connectivity index (χ2n) is 3.65. The number of carboxylic acid groups (broad SMARTS) is 1. The van der Waals surface area contributed by atoms with Gasteiger partial charge in [0.15, 0.2) is 0 Å². The molecule has 2 N–H and O–H groups in total. The van der Waals surface area contributed by atoms with Crippen LogP contribution in [0.25, 0.3) is 0 Å². The molecule has 0 rings (SSSR count). The summed E-state index contributed by atoms with van der Waals surface area (Å²) >= 11 is 5.41. The van der Waals surface area contributed by atoms with Crippen LogP contribution in [0.15, 0.2) is 0 Å². The molecule has 4 heteroatoms. The van der Waals surface area contributed by atoms with Crippen LogP contribution in [0.2, 0.25) is 0 Å². The van der Waals surface area contributed by atoms with Crippen molar-refractivity contribution in [2.24, 2.45) is 5.41 Å². The first-order chi connectivity index (χ1) is 4.75. The van der Waals surface area contributed by atoms with Crippen molar-refractivity contribution in [3.63, 3.8) is 0 Å². The van der Waals surface area contributed by atoms with Gasteiger partial charge < -0.3 is 5.11 Å². The third-order valence-corrected chi connectivity index (χ3v) is 2.81. The second-order valence-corrected chi connectivity index (χ2v) is 3.84. The van der Waals surface area contributed by atoms with Gasteiger partial charge in [-0.2, -0.15) is 0 Å². The highest BCUT2D eigenvalue weighted by Gasteiger charge is 2.42. The van der Waals surface area contributed by atoms with Gasteiger partial charge in [-0.25, -0.2) is 4.84 Å². The minimum atomic E-state index is -0.880. The minimum absolute atomic E-state index is 0.625. The minimum Gasteiger partial charge on any atom is -0.481 e. The maximum absolute atomic E-state index is 10.7. The summed E-state index contributed by atoms with van der Waals surface area (Å²) in [6, 6.07) is 0. The predicted octanol–water partition coefficient (Wildman–Crippen LogP) is 1.62. The lowest BCUT2D eigenvalue weighted by atomic mass is 9.75. The highest BCUT2D eigenvalue weighted by molar-refractivity contribution is 6.14. The van der Waals surface area contributed by atoms with Gasteiger partial charge in [0.1, 0.15) is 0 Å². The number of nitrogens with one attached hydrogen (secondary N) is 1. The van der Waals surface area contributed by atoms with Crippen molar-refractivity contribution < 1.29 is 9.90 Å². The monoisotopic (exact) mass is 179 g/mol. The second kappa shape index (κ2) is 2.99. The molecule has 0 unspecified atom stereocenters. The van der Waals surface area contributed by atoms with Gasteiger partial charge in [0.25, 0.3) is 0 Å². The first kappa shape index (κ1) is 10.7. The van der Waals surface area contributed by atoms with Crippen molar-refractivity contribution >= 4 is 17.7 Å². The molecule has 66 valence electrons. The van der Waals surface area contributed by atoms with E-state index in [4.69, 9.17) is 16.9 Å². The zero-order valence-electron chi connectivity index (χ0n) is 7.23. The number of carboxylic acids is 1. The van der Waals surface area contributed by atoms with Gasteiger partial charge in [0, 0.05) is 5.54 Å². The summed E-state index contributed by atoms with van der Waals surface area (Å²) in [5.74, 6) is -0.865. The number of hydrogen-bond donors (Lipinski definition) is 2. The van der Waals surface area contributed by atoms with E-state index in [1.807, 2.05) is 0 Å². The highest BCUT2D eigenvalue weighted by Crippen LogP contribution is 2.30. The van der Waals surface area contributed by atoms with E-state index in [9.17, 15) is 4.79 Å². The molecule has 0 heterocycles. The summed E-state index contributed by atoms with van der Waals surface area (Å²) < 4.78 is 0. The van der Waals surface area contributed by atoms with Crippen LogP contribution in [0, 0.1) is 5.41 Å². The Morgan fingerprint density at radius 3 is 1.82 bits per heavy atom. The molecule has 0 radical (unpaired) electrons. The zero-order chi connectivity index (χ0) is 9.28. The van der Waals surface area contributed by atoms with Crippen LogP contribution in [0.1, 0.15) is 27.7 Å². The van der Waals surface area contributed by atoms with Crippen LogP contribution >= 0.6 is 11.8 Å². The summed E-state index contributed by atoms with van der Waals surface area (Å²) in [6.07, 6.45) is 0. The fourth-order valence-corrected chi connectivity index (χ4v) is 0.622. The largest absolute Gasteiger partial charge is 0.481 e. The van der Waals surface area contributed by atoms with Crippen molar-refractivity contribution in [2.75, 3.05) is 0 Å². The molecule has 0 amide bonds. The van der Waals surface area contributed by atoms with Crippen LogP contribution in [0.4, 0.5) is 0 Å². The van der Waals surface area contributed by atoms with Crippen molar-refractivity contribution in [3.05, 3.63) is 0 Å². The molecule has 3 nitrogen and oxygen atoms in total. The van der Waals surface area contributed by atoms with Gasteiger partial charge in [0.05, 0.1) is 5.41 Å². The van der Waals surface area contributed by atoms with E-state index in [2.05, 4.69) is 4.84 Å². The van der Waals surface area contributed by atoms with Crippen LogP contribution < -0.4 is 4.84 Å². The molecule has 0 aromatic rings. The lowest BCUT2D eigenvalue weighted by Gasteiger charge is -2.36. The maximum Gasteiger partial charge on any atom is 0.310 e. The number of aliphatic carboxylic acids is 1. The Kier molecular flexibility index (Phi) is 2.91. The number of hydrogen-bond acceptors (Lipinski definition) is 2. The molecule has 0 aliphatic carbocycles. The number of carbonyl (C=O) groups is 1. The summed E-state index contributed by atoms with van der Waals surface area (Å²) in [6.45, 7) is 6.75. The molecule has 0 saturated heterocycles. The van der Waals surface area contributed by atoms with Gasteiger partial charge in [0.2, 0.25) is 0 Å². The van der Waals surface area contributed by atoms with E-state index in [-0.39, 0.29) is 0 Å². The maximum atomic E-state index is 10.7. The van der Waals surface area contributed by atoms with Crippen LogP contribution in [0.5, 0.6) is 0 Å². The Balaban J connectivity index is 4.67. The van der Waals surface area contributed by atoms with E-state index >= 15 is 0 Å².